The van der Waals surface area contributed by atoms with Crippen LogP contribution < -0.4 is 10.6 Å². The Morgan fingerprint density at radius 2 is 1.61 bits per heavy atom. The first-order chi connectivity index (χ1) is 21.8. The van der Waals surface area contributed by atoms with Crippen molar-refractivity contribution in [2.24, 2.45) is 0 Å². The Labute approximate surface area is 265 Å². The van der Waals surface area contributed by atoms with E-state index < -0.39 is 29.6 Å². The van der Waals surface area contributed by atoms with Crippen LogP contribution in [0.5, 0.6) is 0 Å². The van der Waals surface area contributed by atoms with Crippen LogP contribution in [0.25, 0.3) is 34.2 Å². The van der Waals surface area contributed by atoms with Crippen LogP contribution in [0, 0.1) is 13.8 Å². The SMILES string of the molecule is Cc1ccc(-c2ccc(C(=O)NC(Cc3ccc(C)c(-c4noc(-c5ccc(NC(=O)OC(C)(C)C)cc5)n4)c3)C(=O)O)o2)cc1. The number of carbonyl (C=O) groups excluding carboxylic acids is 2. The van der Waals surface area contributed by atoms with Crippen molar-refractivity contribution in [3.8, 4) is 34.2 Å². The number of furan rings is 1. The number of amides is 2. The van der Waals surface area contributed by atoms with E-state index in [1.165, 1.54) is 6.07 Å². The number of carboxylic acids is 1. The van der Waals surface area contributed by atoms with Crippen LogP contribution in [0.4, 0.5) is 10.5 Å². The van der Waals surface area contributed by atoms with Crippen molar-refractivity contribution in [2.45, 2.75) is 52.7 Å². The normalized spacial score (nSPS) is 11.9. The Balaban J connectivity index is 1.27. The van der Waals surface area contributed by atoms with E-state index in [-0.39, 0.29) is 18.1 Å². The summed E-state index contributed by atoms with van der Waals surface area (Å²) in [5.41, 5.74) is 4.62. The number of carboxylic acid groups (broad SMARTS) is 1. The molecule has 0 aliphatic heterocycles. The molecule has 0 saturated heterocycles. The van der Waals surface area contributed by atoms with Crippen LogP contribution in [0.15, 0.2) is 87.8 Å². The quantitative estimate of drug-likeness (QED) is 0.157. The monoisotopic (exact) mass is 622 g/mol. The second kappa shape index (κ2) is 13.1. The lowest BCUT2D eigenvalue weighted by Gasteiger charge is -2.19. The maximum atomic E-state index is 12.9. The zero-order valence-electron chi connectivity index (χ0n) is 26.1. The minimum Gasteiger partial charge on any atom is -0.480 e. The third-order valence-electron chi connectivity index (χ3n) is 6.96. The Morgan fingerprint density at radius 1 is 0.913 bits per heavy atom. The van der Waals surface area contributed by atoms with Crippen LogP contribution in [0.3, 0.4) is 0 Å². The van der Waals surface area contributed by atoms with Crippen molar-refractivity contribution in [1.82, 2.24) is 15.5 Å². The molecule has 3 aromatic carbocycles. The molecule has 0 radical (unpaired) electrons. The fraction of sp³-hybridized carbons (Fsp3) is 0.229. The van der Waals surface area contributed by atoms with Crippen LogP contribution in [0.2, 0.25) is 0 Å². The van der Waals surface area contributed by atoms with Gasteiger partial charge >= 0.3 is 12.1 Å². The number of hydrogen-bond acceptors (Lipinski definition) is 8. The first-order valence-electron chi connectivity index (χ1n) is 14.6. The topological polar surface area (TPSA) is 157 Å². The van der Waals surface area contributed by atoms with Gasteiger partial charge < -0.3 is 24.1 Å². The van der Waals surface area contributed by atoms with Crippen molar-refractivity contribution in [1.29, 1.82) is 0 Å². The molecule has 2 heterocycles. The summed E-state index contributed by atoms with van der Waals surface area (Å²) in [5.74, 6) is -0.712. The summed E-state index contributed by atoms with van der Waals surface area (Å²) in [5, 5.41) is 19.3. The number of aliphatic carboxylic acids is 1. The van der Waals surface area contributed by atoms with Gasteiger partial charge in [-0.05, 0) is 88.2 Å². The van der Waals surface area contributed by atoms with E-state index in [1.807, 2.05) is 44.2 Å². The Bertz CT molecular complexity index is 1870. The third-order valence-corrected chi connectivity index (χ3v) is 6.96. The van der Waals surface area contributed by atoms with E-state index in [0.29, 0.717) is 34.0 Å². The highest BCUT2D eigenvalue weighted by atomic mass is 16.6. The number of rotatable bonds is 9. The fourth-order valence-electron chi connectivity index (χ4n) is 4.60. The number of anilines is 1. The van der Waals surface area contributed by atoms with Gasteiger partial charge in [-0.15, -0.1) is 0 Å². The molecule has 46 heavy (non-hydrogen) atoms. The van der Waals surface area contributed by atoms with E-state index in [9.17, 15) is 19.5 Å². The smallest absolute Gasteiger partial charge is 0.412 e. The maximum absolute atomic E-state index is 12.9. The number of aromatic nitrogens is 2. The van der Waals surface area contributed by atoms with Crippen LogP contribution in [-0.4, -0.2) is 44.9 Å². The number of hydrogen-bond donors (Lipinski definition) is 3. The zero-order chi connectivity index (χ0) is 33.0. The van der Waals surface area contributed by atoms with E-state index >= 15 is 0 Å². The van der Waals surface area contributed by atoms with Gasteiger partial charge in [0.1, 0.15) is 17.4 Å². The molecule has 11 nitrogen and oxygen atoms in total. The lowest BCUT2D eigenvalue weighted by atomic mass is 9.99. The number of nitrogens with zero attached hydrogens (tertiary/aromatic N) is 2. The molecule has 2 aromatic heterocycles. The molecule has 5 rings (SSSR count). The molecule has 0 aliphatic carbocycles. The molecule has 0 aliphatic rings. The molecule has 0 bridgehead atoms. The van der Waals surface area contributed by atoms with Gasteiger partial charge in [-0.1, -0.05) is 47.1 Å². The summed E-state index contributed by atoms with van der Waals surface area (Å²) in [6.07, 6.45) is -0.551. The molecular formula is C35H34N4O7. The molecule has 11 heteroatoms. The zero-order valence-corrected chi connectivity index (χ0v) is 26.1. The predicted molar refractivity (Wildman–Crippen MR) is 171 cm³/mol. The summed E-state index contributed by atoms with van der Waals surface area (Å²) in [6.45, 7) is 9.21. The second-order valence-corrected chi connectivity index (χ2v) is 11.9. The number of benzene rings is 3. The summed E-state index contributed by atoms with van der Waals surface area (Å²) in [7, 11) is 0. The highest BCUT2D eigenvalue weighted by Crippen LogP contribution is 2.27. The van der Waals surface area contributed by atoms with Crippen molar-refractivity contribution in [2.75, 3.05) is 5.32 Å². The summed E-state index contributed by atoms with van der Waals surface area (Å²) in [4.78, 5) is 41.7. The Kier molecular flexibility index (Phi) is 9.04. The minimum atomic E-state index is -1.22. The van der Waals surface area contributed by atoms with E-state index in [4.69, 9.17) is 13.7 Å². The Morgan fingerprint density at radius 3 is 2.28 bits per heavy atom. The average Bonchev–Trinajstić information content (AvgIpc) is 3.69. The lowest BCUT2D eigenvalue weighted by Crippen LogP contribution is -2.42. The summed E-state index contributed by atoms with van der Waals surface area (Å²) < 4.78 is 16.5. The van der Waals surface area contributed by atoms with Crippen molar-refractivity contribution < 1.29 is 33.2 Å². The van der Waals surface area contributed by atoms with E-state index in [0.717, 1.165) is 16.7 Å². The predicted octanol–water partition coefficient (Wildman–Crippen LogP) is 7.05. The number of ether oxygens (including phenoxy) is 1. The summed E-state index contributed by atoms with van der Waals surface area (Å²) in [6, 6.07) is 21.9. The molecule has 3 N–H and O–H groups in total. The second-order valence-electron chi connectivity index (χ2n) is 11.9. The third kappa shape index (κ3) is 7.86. The van der Waals surface area contributed by atoms with Gasteiger partial charge in [0.2, 0.25) is 5.82 Å². The molecule has 2 amide bonds. The van der Waals surface area contributed by atoms with Gasteiger partial charge in [0.15, 0.2) is 5.76 Å². The first kappa shape index (κ1) is 31.7. The first-order valence-corrected chi connectivity index (χ1v) is 14.6. The van der Waals surface area contributed by atoms with Gasteiger partial charge in [0.05, 0.1) is 0 Å². The summed E-state index contributed by atoms with van der Waals surface area (Å²) >= 11 is 0. The van der Waals surface area contributed by atoms with Gasteiger partial charge in [-0.2, -0.15) is 4.98 Å². The van der Waals surface area contributed by atoms with Gasteiger partial charge in [-0.25, -0.2) is 9.59 Å². The molecular weight excluding hydrogens is 588 g/mol. The van der Waals surface area contributed by atoms with Crippen molar-refractivity contribution in [3.63, 3.8) is 0 Å². The van der Waals surface area contributed by atoms with Crippen LogP contribution in [0.1, 0.15) is 48.0 Å². The number of aryl methyl sites for hydroxylation is 2. The highest BCUT2D eigenvalue weighted by molar-refractivity contribution is 5.95. The molecule has 0 fully saturated rings. The minimum absolute atomic E-state index is 0.0106. The molecule has 1 atom stereocenters. The average molecular weight is 623 g/mol. The van der Waals surface area contributed by atoms with Gasteiger partial charge in [0.25, 0.3) is 11.8 Å². The van der Waals surface area contributed by atoms with Crippen molar-refractivity contribution in [3.05, 3.63) is 101 Å². The molecule has 5 aromatic rings. The number of carbonyl (C=O) groups is 3. The maximum Gasteiger partial charge on any atom is 0.412 e. The molecule has 0 spiro atoms. The van der Waals surface area contributed by atoms with Crippen LogP contribution >= 0.6 is 0 Å². The van der Waals surface area contributed by atoms with Crippen molar-refractivity contribution >= 4 is 23.7 Å². The van der Waals surface area contributed by atoms with E-state index in [2.05, 4.69) is 20.8 Å². The molecule has 0 saturated carbocycles. The van der Waals surface area contributed by atoms with Gasteiger partial charge in [0, 0.05) is 28.8 Å². The molecule has 236 valence electrons. The van der Waals surface area contributed by atoms with Gasteiger partial charge in [-0.3, -0.25) is 10.1 Å². The largest absolute Gasteiger partial charge is 0.480 e. The standard InChI is InChI=1S/C35H34N4O7/c1-20-6-10-23(11-7-20)28-16-17-29(44-28)31(40)37-27(33(41)42)19-22-9-8-21(2)26(18-22)30-38-32(46-39-30)24-12-14-25(15-13-24)36-34(43)45-35(3,4)5/h6-18,27H,19H2,1-5H3,(H,36,43)(H,37,40)(H,41,42). The Hall–Kier alpha value is -5.71. The van der Waals surface area contributed by atoms with Crippen LogP contribution in [-0.2, 0) is 16.0 Å². The fourth-order valence-corrected chi connectivity index (χ4v) is 4.60. The number of nitrogens with one attached hydrogen (secondary N) is 2. The van der Waals surface area contributed by atoms with E-state index in [1.54, 1.807) is 63.2 Å². The lowest BCUT2D eigenvalue weighted by molar-refractivity contribution is -0.139. The highest BCUT2D eigenvalue weighted by Gasteiger charge is 2.24. The molecule has 1 unspecified atom stereocenters.